The van der Waals surface area contributed by atoms with Crippen molar-refractivity contribution in [2.75, 3.05) is 13.1 Å². The second kappa shape index (κ2) is 8.28. The number of nitrogens with one attached hydrogen (secondary N) is 1. The van der Waals surface area contributed by atoms with Gasteiger partial charge in [0.2, 0.25) is 0 Å². The highest BCUT2D eigenvalue weighted by Crippen LogP contribution is 2.36. The fourth-order valence-electron chi connectivity index (χ4n) is 4.74. The number of piperidine rings is 1. The molecule has 2 saturated carbocycles. The van der Waals surface area contributed by atoms with E-state index in [0.717, 1.165) is 31.8 Å². The molecular formula is C21H38N2O2. The van der Waals surface area contributed by atoms with Crippen molar-refractivity contribution >= 4 is 6.09 Å². The van der Waals surface area contributed by atoms with Crippen molar-refractivity contribution in [2.24, 2.45) is 11.8 Å². The van der Waals surface area contributed by atoms with Crippen LogP contribution in [0.2, 0.25) is 0 Å². The number of ether oxygens (including phenoxy) is 1. The van der Waals surface area contributed by atoms with E-state index in [4.69, 9.17) is 4.74 Å². The van der Waals surface area contributed by atoms with E-state index in [1.54, 1.807) is 0 Å². The maximum Gasteiger partial charge on any atom is 0.410 e. The number of carbonyl (C=O) groups is 1. The zero-order valence-corrected chi connectivity index (χ0v) is 16.6. The van der Waals surface area contributed by atoms with Crippen LogP contribution in [-0.4, -0.2) is 41.8 Å². The molecule has 4 nitrogen and oxygen atoms in total. The van der Waals surface area contributed by atoms with Crippen LogP contribution in [0.15, 0.2) is 0 Å². The van der Waals surface area contributed by atoms with Crippen LogP contribution in [0.4, 0.5) is 4.79 Å². The lowest BCUT2D eigenvalue weighted by atomic mass is 9.87. The van der Waals surface area contributed by atoms with Gasteiger partial charge in [-0.15, -0.1) is 0 Å². The van der Waals surface area contributed by atoms with Crippen LogP contribution in [0.25, 0.3) is 0 Å². The van der Waals surface area contributed by atoms with Crippen LogP contribution >= 0.6 is 0 Å². The molecule has 3 atom stereocenters. The van der Waals surface area contributed by atoms with E-state index in [-0.39, 0.29) is 6.09 Å². The number of rotatable bonds is 6. The molecule has 3 aliphatic rings. The third-order valence-electron chi connectivity index (χ3n) is 6.13. The van der Waals surface area contributed by atoms with Gasteiger partial charge in [-0.05, 0) is 84.1 Å². The molecular weight excluding hydrogens is 312 g/mol. The molecule has 4 heteroatoms. The first-order chi connectivity index (χ1) is 11.9. The molecule has 25 heavy (non-hydrogen) atoms. The zero-order valence-electron chi connectivity index (χ0n) is 16.6. The summed E-state index contributed by atoms with van der Waals surface area (Å²) in [6, 6.07) is 0.958. The highest BCUT2D eigenvalue weighted by Gasteiger charge is 2.40. The quantitative estimate of drug-likeness (QED) is 0.705. The Kier molecular flexibility index (Phi) is 6.30. The van der Waals surface area contributed by atoms with Crippen molar-refractivity contribution in [2.45, 2.75) is 103 Å². The number of hydrogen-bond donors (Lipinski definition) is 1. The van der Waals surface area contributed by atoms with Crippen LogP contribution in [0, 0.1) is 11.8 Å². The molecule has 3 fully saturated rings. The van der Waals surface area contributed by atoms with Crippen LogP contribution in [0.3, 0.4) is 0 Å². The summed E-state index contributed by atoms with van der Waals surface area (Å²) in [6.45, 7) is 7.90. The van der Waals surface area contributed by atoms with Crippen LogP contribution in [0.1, 0.15) is 85.0 Å². The third kappa shape index (κ3) is 5.60. The van der Waals surface area contributed by atoms with Gasteiger partial charge in [0.25, 0.3) is 0 Å². The Morgan fingerprint density at radius 3 is 2.60 bits per heavy atom. The molecule has 0 spiro atoms. The van der Waals surface area contributed by atoms with Crippen molar-refractivity contribution in [1.29, 1.82) is 0 Å². The van der Waals surface area contributed by atoms with Gasteiger partial charge in [0.05, 0.1) is 0 Å². The Morgan fingerprint density at radius 2 is 1.88 bits per heavy atom. The van der Waals surface area contributed by atoms with Crippen molar-refractivity contribution in [3.63, 3.8) is 0 Å². The molecule has 0 aromatic heterocycles. The summed E-state index contributed by atoms with van der Waals surface area (Å²) < 4.78 is 5.70. The monoisotopic (exact) mass is 350 g/mol. The maximum atomic E-state index is 12.7. The maximum absolute atomic E-state index is 12.7. The first-order valence-corrected chi connectivity index (χ1v) is 10.7. The average Bonchev–Trinajstić information content (AvgIpc) is 3.26. The number of nitrogens with zero attached hydrogens (tertiary/aromatic N) is 1. The number of hydrogen-bond acceptors (Lipinski definition) is 3. The summed E-state index contributed by atoms with van der Waals surface area (Å²) in [4.78, 5) is 14.8. The number of carbonyl (C=O) groups excluding carboxylic acids is 1. The molecule has 1 amide bonds. The largest absolute Gasteiger partial charge is 0.444 e. The molecule has 1 N–H and O–H groups in total. The molecule has 3 rings (SSSR count). The smallest absolute Gasteiger partial charge is 0.410 e. The Labute approximate surface area is 154 Å². The van der Waals surface area contributed by atoms with Crippen molar-refractivity contribution in [1.82, 2.24) is 10.2 Å². The van der Waals surface area contributed by atoms with Crippen molar-refractivity contribution in [3.8, 4) is 0 Å². The van der Waals surface area contributed by atoms with Gasteiger partial charge >= 0.3 is 6.09 Å². The molecule has 0 aromatic rings. The molecule has 3 unspecified atom stereocenters. The molecule has 0 bridgehead atoms. The van der Waals surface area contributed by atoms with Crippen LogP contribution in [-0.2, 0) is 4.74 Å². The highest BCUT2D eigenvalue weighted by molar-refractivity contribution is 5.68. The third-order valence-corrected chi connectivity index (χ3v) is 6.13. The summed E-state index contributed by atoms with van der Waals surface area (Å²) in [7, 11) is 0. The van der Waals surface area contributed by atoms with E-state index >= 15 is 0 Å². The minimum Gasteiger partial charge on any atom is -0.444 e. The zero-order chi connectivity index (χ0) is 17.9. The standard InChI is InChI=1S/C21H38N2O2/c1-21(2,3)25-20(24)23-15-5-4-11-19(23)17-9-6-10-18(17)22-14-7-8-16-12-13-16/h16-19,22H,4-15H2,1-3H3. The number of amides is 1. The molecule has 0 radical (unpaired) electrons. The Balaban J connectivity index is 1.54. The van der Waals surface area contributed by atoms with Gasteiger partial charge in [-0.25, -0.2) is 4.79 Å². The fraction of sp³-hybridized carbons (Fsp3) is 0.952. The van der Waals surface area contributed by atoms with E-state index < -0.39 is 5.60 Å². The molecule has 1 heterocycles. The Bertz CT molecular complexity index is 442. The van der Waals surface area contributed by atoms with Crippen LogP contribution < -0.4 is 5.32 Å². The molecule has 1 aliphatic heterocycles. The normalized spacial score (nSPS) is 30.5. The minimum absolute atomic E-state index is 0.100. The second-order valence-corrected chi connectivity index (χ2v) is 9.48. The summed E-state index contributed by atoms with van der Waals surface area (Å²) in [6.07, 6.45) is 12.8. The van der Waals surface area contributed by atoms with Gasteiger partial charge in [0.15, 0.2) is 0 Å². The molecule has 2 aliphatic carbocycles. The van der Waals surface area contributed by atoms with E-state index in [9.17, 15) is 4.79 Å². The Morgan fingerprint density at radius 1 is 1.08 bits per heavy atom. The minimum atomic E-state index is -0.408. The summed E-state index contributed by atoms with van der Waals surface area (Å²) in [5.41, 5.74) is -0.408. The van der Waals surface area contributed by atoms with Gasteiger partial charge < -0.3 is 15.0 Å². The van der Waals surface area contributed by atoms with Gasteiger partial charge in [-0.3, -0.25) is 0 Å². The first kappa shape index (κ1) is 19.0. The number of likely N-dealkylation sites (tertiary alicyclic amines) is 1. The van der Waals surface area contributed by atoms with Gasteiger partial charge in [-0.1, -0.05) is 19.3 Å². The van der Waals surface area contributed by atoms with E-state index in [1.165, 1.54) is 51.4 Å². The fourth-order valence-corrected chi connectivity index (χ4v) is 4.74. The van der Waals surface area contributed by atoms with Crippen molar-refractivity contribution < 1.29 is 9.53 Å². The lowest BCUT2D eigenvalue weighted by molar-refractivity contribution is -0.0000863. The summed E-state index contributed by atoms with van der Waals surface area (Å²) in [5, 5.41) is 3.84. The van der Waals surface area contributed by atoms with Crippen LogP contribution in [0.5, 0.6) is 0 Å². The predicted octanol–water partition coefficient (Wildman–Crippen LogP) is 4.72. The average molecular weight is 351 g/mol. The summed E-state index contributed by atoms with van der Waals surface area (Å²) >= 11 is 0. The predicted molar refractivity (Wildman–Crippen MR) is 102 cm³/mol. The highest BCUT2D eigenvalue weighted by atomic mass is 16.6. The van der Waals surface area contributed by atoms with Gasteiger partial charge in [-0.2, -0.15) is 0 Å². The SMILES string of the molecule is CC(C)(C)OC(=O)N1CCCCC1C1CCCC1NCCCC1CC1. The topological polar surface area (TPSA) is 41.6 Å². The lowest BCUT2D eigenvalue weighted by Gasteiger charge is -2.41. The first-order valence-electron chi connectivity index (χ1n) is 10.7. The molecule has 0 aromatic carbocycles. The molecule has 1 saturated heterocycles. The lowest BCUT2D eigenvalue weighted by Crippen LogP contribution is -2.52. The van der Waals surface area contributed by atoms with E-state index in [0.29, 0.717) is 18.0 Å². The van der Waals surface area contributed by atoms with E-state index in [1.807, 2.05) is 20.8 Å². The van der Waals surface area contributed by atoms with E-state index in [2.05, 4.69) is 10.2 Å². The Hall–Kier alpha value is -0.770. The van der Waals surface area contributed by atoms with Gasteiger partial charge in [0.1, 0.15) is 5.60 Å². The van der Waals surface area contributed by atoms with Gasteiger partial charge in [0, 0.05) is 18.6 Å². The van der Waals surface area contributed by atoms with Crippen molar-refractivity contribution in [3.05, 3.63) is 0 Å². The molecule has 144 valence electrons. The summed E-state index contributed by atoms with van der Waals surface area (Å²) in [5.74, 6) is 1.64. The second-order valence-electron chi connectivity index (χ2n) is 9.48.